The fourth-order valence-electron chi connectivity index (χ4n) is 3.13. The molecule has 2 aromatic heterocycles. The van der Waals surface area contributed by atoms with Crippen LogP contribution in [0.3, 0.4) is 0 Å². The third kappa shape index (κ3) is 3.98. The maximum Gasteiger partial charge on any atom is 0.287 e. The maximum absolute atomic E-state index is 13.0. The summed E-state index contributed by atoms with van der Waals surface area (Å²) in [4.78, 5) is 37.4. The highest BCUT2D eigenvalue weighted by atomic mass is 32.1. The lowest BCUT2D eigenvalue weighted by atomic mass is 10.0. The number of rotatable bonds is 7. The van der Waals surface area contributed by atoms with Crippen molar-refractivity contribution in [3.8, 4) is 10.4 Å². The zero-order chi connectivity index (χ0) is 21.1. The first-order valence-electron chi connectivity index (χ1n) is 9.02. The highest BCUT2D eigenvalue weighted by molar-refractivity contribution is 7.18. The number of hydrogen-bond acceptors (Lipinski definition) is 7. The van der Waals surface area contributed by atoms with Crippen LogP contribution < -0.4 is 11.1 Å². The minimum Gasteiger partial charge on any atom is -0.363 e. The maximum atomic E-state index is 13.0. The van der Waals surface area contributed by atoms with Crippen molar-refractivity contribution in [2.24, 2.45) is 5.73 Å². The van der Waals surface area contributed by atoms with E-state index in [0.717, 1.165) is 32.7 Å². The van der Waals surface area contributed by atoms with Gasteiger partial charge in [0.1, 0.15) is 6.04 Å². The number of carbonyl (C=O) groups excluding carboxylic acids is 3. The highest BCUT2D eigenvalue weighted by Gasteiger charge is 2.28. The predicted octanol–water partition coefficient (Wildman–Crippen LogP) is 2.82. The lowest BCUT2D eigenvalue weighted by molar-refractivity contribution is -0.137. The molecule has 2 amide bonds. The number of primary amides is 1. The number of thiophene rings is 1. The van der Waals surface area contributed by atoms with E-state index in [4.69, 9.17) is 5.73 Å². The Morgan fingerprint density at radius 3 is 2.53 bits per heavy atom. The summed E-state index contributed by atoms with van der Waals surface area (Å²) in [7, 11) is 0. The van der Waals surface area contributed by atoms with Crippen molar-refractivity contribution in [1.29, 1.82) is 0 Å². The molecule has 0 saturated heterocycles. The molecule has 0 saturated carbocycles. The van der Waals surface area contributed by atoms with Crippen LogP contribution in [0.4, 0.5) is 0 Å². The Bertz CT molecular complexity index is 1230. The summed E-state index contributed by atoms with van der Waals surface area (Å²) in [6.07, 6.45) is 0.142. The van der Waals surface area contributed by atoms with Gasteiger partial charge in [-0.15, -0.1) is 16.4 Å². The number of fused-ring (bicyclic) bond motifs is 1. The molecule has 0 radical (unpaired) electrons. The van der Waals surface area contributed by atoms with Crippen molar-refractivity contribution >= 4 is 50.6 Å². The first-order valence-corrected chi connectivity index (χ1v) is 10.7. The van der Waals surface area contributed by atoms with Crippen LogP contribution >= 0.6 is 22.9 Å². The molecule has 0 aliphatic carbocycles. The van der Waals surface area contributed by atoms with E-state index in [1.54, 1.807) is 23.5 Å². The summed E-state index contributed by atoms with van der Waals surface area (Å²) in [5.41, 5.74) is 6.95. The summed E-state index contributed by atoms with van der Waals surface area (Å²) in [5, 5.41) is 9.54. The van der Waals surface area contributed by atoms with E-state index in [1.165, 1.54) is 0 Å². The smallest absolute Gasteiger partial charge is 0.287 e. The first kappa shape index (κ1) is 19.9. The molecular weight excluding hydrogens is 420 g/mol. The average molecular weight is 437 g/mol. The van der Waals surface area contributed by atoms with E-state index in [2.05, 4.69) is 14.9 Å². The molecule has 150 valence electrons. The first-order chi connectivity index (χ1) is 14.5. The second kappa shape index (κ2) is 8.52. The van der Waals surface area contributed by atoms with Crippen molar-refractivity contribution in [2.45, 2.75) is 12.5 Å². The minimum atomic E-state index is -1.10. The molecule has 2 heterocycles. The molecule has 4 aromatic rings. The standard InChI is InChI=1S/C21H16N4O3S2/c22-20(27)18(26)15(10-12-6-2-1-3-7-12)23-21(28)17-19(30-25-24-17)14-11-29-16-9-5-4-8-13(14)16/h1-9,11,15H,10H2,(H2,22,27)(H,23,28). The van der Waals surface area contributed by atoms with Gasteiger partial charge in [-0.25, -0.2) is 0 Å². The Kier molecular flexibility index (Phi) is 5.64. The van der Waals surface area contributed by atoms with Crippen molar-refractivity contribution in [3.63, 3.8) is 0 Å². The molecule has 0 aliphatic heterocycles. The molecule has 0 fully saturated rings. The van der Waals surface area contributed by atoms with Gasteiger partial charge in [-0.3, -0.25) is 14.4 Å². The van der Waals surface area contributed by atoms with E-state index < -0.39 is 23.6 Å². The summed E-state index contributed by atoms with van der Waals surface area (Å²) in [6.45, 7) is 0. The Balaban J connectivity index is 1.63. The fourth-order valence-corrected chi connectivity index (χ4v) is 4.84. The van der Waals surface area contributed by atoms with Gasteiger partial charge in [0.25, 0.3) is 11.8 Å². The van der Waals surface area contributed by atoms with E-state index in [9.17, 15) is 14.4 Å². The lowest BCUT2D eigenvalue weighted by Crippen LogP contribution is -2.47. The molecule has 4 rings (SSSR count). The van der Waals surface area contributed by atoms with Crippen molar-refractivity contribution in [3.05, 3.63) is 71.2 Å². The molecule has 7 nitrogen and oxygen atoms in total. The number of amides is 2. The lowest BCUT2D eigenvalue weighted by Gasteiger charge is -2.16. The monoisotopic (exact) mass is 436 g/mol. The molecule has 0 bridgehead atoms. The second-order valence-electron chi connectivity index (χ2n) is 6.54. The van der Waals surface area contributed by atoms with Gasteiger partial charge in [-0.1, -0.05) is 53.0 Å². The van der Waals surface area contributed by atoms with E-state index in [0.29, 0.717) is 4.88 Å². The third-order valence-corrected chi connectivity index (χ3v) is 6.30. The largest absolute Gasteiger partial charge is 0.363 e. The normalized spacial score (nSPS) is 11.9. The Hall–Kier alpha value is -3.43. The van der Waals surface area contributed by atoms with Crippen molar-refractivity contribution in [2.75, 3.05) is 0 Å². The molecule has 3 N–H and O–H groups in total. The van der Waals surface area contributed by atoms with Crippen molar-refractivity contribution < 1.29 is 14.4 Å². The van der Waals surface area contributed by atoms with Gasteiger partial charge in [-0.05, 0) is 23.2 Å². The summed E-state index contributed by atoms with van der Waals surface area (Å²) < 4.78 is 5.02. The fraction of sp³-hybridized carbons (Fsp3) is 0.0952. The highest BCUT2D eigenvalue weighted by Crippen LogP contribution is 2.36. The van der Waals surface area contributed by atoms with Crippen LogP contribution in [0.2, 0.25) is 0 Å². The molecule has 0 spiro atoms. The quantitative estimate of drug-likeness (QED) is 0.432. The molecule has 30 heavy (non-hydrogen) atoms. The van der Waals surface area contributed by atoms with Crippen LogP contribution in [0, 0.1) is 0 Å². The number of carbonyl (C=O) groups is 3. The predicted molar refractivity (Wildman–Crippen MR) is 116 cm³/mol. The number of benzene rings is 2. The molecule has 0 aliphatic rings. The Morgan fingerprint density at radius 1 is 1.03 bits per heavy atom. The minimum absolute atomic E-state index is 0.110. The van der Waals surface area contributed by atoms with Crippen LogP contribution in [-0.4, -0.2) is 33.2 Å². The number of ketones is 1. The Morgan fingerprint density at radius 2 is 1.77 bits per heavy atom. The summed E-state index contributed by atoms with van der Waals surface area (Å²) >= 11 is 2.67. The molecule has 1 atom stereocenters. The number of nitrogens with two attached hydrogens (primary N) is 1. The van der Waals surface area contributed by atoms with Gasteiger partial charge < -0.3 is 11.1 Å². The van der Waals surface area contributed by atoms with Gasteiger partial charge >= 0.3 is 0 Å². The number of Topliss-reactive ketones (excluding diaryl/α,β-unsaturated/α-hetero) is 1. The van der Waals surface area contributed by atoms with Crippen LogP contribution in [0.25, 0.3) is 20.5 Å². The number of nitrogens with one attached hydrogen (secondary N) is 1. The zero-order valence-electron chi connectivity index (χ0n) is 15.6. The summed E-state index contributed by atoms with van der Waals surface area (Å²) in [5.74, 6) is -2.54. The number of aromatic nitrogens is 2. The van der Waals surface area contributed by atoms with E-state index in [-0.39, 0.29) is 12.1 Å². The SMILES string of the molecule is NC(=O)C(=O)C(Cc1ccccc1)NC(=O)c1nnsc1-c1csc2ccccc12. The number of nitrogens with zero attached hydrogens (tertiary/aromatic N) is 2. The topological polar surface area (TPSA) is 115 Å². The summed E-state index contributed by atoms with van der Waals surface area (Å²) in [6, 6.07) is 15.8. The van der Waals surface area contributed by atoms with Gasteiger partial charge in [-0.2, -0.15) is 0 Å². The van der Waals surface area contributed by atoms with Crippen LogP contribution in [0.5, 0.6) is 0 Å². The van der Waals surface area contributed by atoms with E-state index >= 15 is 0 Å². The molecule has 1 unspecified atom stereocenters. The van der Waals surface area contributed by atoms with Gasteiger partial charge in [0.15, 0.2) is 5.69 Å². The van der Waals surface area contributed by atoms with E-state index in [1.807, 2.05) is 47.8 Å². The van der Waals surface area contributed by atoms with Crippen LogP contribution in [0.15, 0.2) is 60.0 Å². The number of hydrogen-bond donors (Lipinski definition) is 2. The van der Waals surface area contributed by atoms with Crippen molar-refractivity contribution in [1.82, 2.24) is 14.9 Å². The van der Waals surface area contributed by atoms with Gasteiger partial charge in [0.05, 0.1) is 4.88 Å². The third-order valence-electron chi connectivity index (χ3n) is 4.58. The molecule has 2 aromatic carbocycles. The average Bonchev–Trinajstić information content (AvgIpc) is 3.40. The van der Waals surface area contributed by atoms with Crippen LogP contribution in [0.1, 0.15) is 16.1 Å². The van der Waals surface area contributed by atoms with Crippen LogP contribution in [-0.2, 0) is 16.0 Å². The van der Waals surface area contributed by atoms with Gasteiger partial charge in [0.2, 0.25) is 5.78 Å². The molecular formula is C21H16N4O3S2. The Labute approximate surface area is 179 Å². The second-order valence-corrected chi connectivity index (χ2v) is 8.21. The molecule has 9 heteroatoms. The van der Waals surface area contributed by atoms with Gasteiger partial charge in [0, 0.05) is 27.5 Å². The zero-order valence-corrected chi connectivity index (χ0v) is 17.2.